The molecule has 1 aromatic carbocycles. The molecule has 0 aromatic heterocycles. The van der Waals surface area contributed by atoms with E-state index in [1.165, 1.54) is 25.5 Å². The number of benzene rings is 1. The van der Waals surface area contributed by atoms with E-state index in [0.29, 0.717) is 4.91 Å². The van der Waals surface area contributed by atoms with Gasteiger partial charge in [-0.05, 0) is 62.2 Å². The Morgan fingerprint density at radius 1 is 1.23 bits per heavy atom. The third-order valence-corrected chi connectivity index (χ3v) is 5.38. The van der Waals surface area contributed by atoms with E-state index in [1.807, 2.05) is 24.3 Å². The Hall–Kier alpha value is -2.28. The van der Waals surface area contributed by atoms with Gasteiger partial charge in [0.25, 0.3) is 11.1 Å². The highest BCUT2D eigenvalue weighted by atomic mass is 32.2. The molecule has 2 saturated heterocycles. The minimum atomic E-state index is -0.925. The van der Waals surface area contributed by atoms with Crippen molar-refractivity contribution in [2.45, 2.75) is 32.7 Å². The molecule has 2 amide bonds. The fourth-order valence-corrected chi connectivity index (χ4v) is 4.00. The van der Waals surface area contributed by atoms with E-state index in [0.717, 1.165) is 35.3 Å². The van der Waals surface area contributed by atoms with Crippen LogP contribution in [0.25, 0.3) is 6.08 Å². The summed E-state index contributed by atoms with van der Waals surface area (Å²) in [4.78, 5) is 40.2. The first kappa shape index (κ1) is 18.5. The van der Waals surface area contributed by atoms with E-state index in [-0.39, 0.29) is 6.61 Å². The molecule has 2 aliphatic heterocycles. The van der Waals surface area contributed by atoms with Crippen LogP contribution in [0.4, 0.5) is 10.5 Å². The topological polar surface area (TPSA) is 66.9 Å². The number of nitrogens with zero attached hydrogens (tertiary/aromatic N) is 2. The molecule has 0 aliphatic carbocycles. The molecule has 0 unspecified atom stereocenters. The van der Waals surface area contributed by atoms with Crippen LogP contribution < -0.4 is 4.90 Å². The molecule has 0 radical (unpaired) electrons. The number of esters is 1. The SMILES string of the molecule is CCOC(=O)[C@H](C)N1C(=O)S/C(=C\c2ccc(N3CCCC3)cc2)C1=O. The molecular weight excluding hydrogens is 352 g/mol. The van der Waals surface area contributed by atoms with E-state index < -0.39 is 23.2 Å². The van der Waals surface area contributed by atoms with Gasteiger partial charge in [0.2, 0.25) is 0 Å². The average molecular weight is 374 g/mol. The molecule has 138 valence electrons. The van der Waals surface area contributed by atoms with Crippen LogP contribution in [-0.4, -0.2) is 47.8 Å². The second-order valence-corrected chi connectivity index (χ2v) is 7.26. The van der Waals surface area contributed by atoms with Crippen LogP contribution in [0.1, 0.15) is 32.3 Å². The van der Waals surface area contributed by atoms with Gasteiger partial charge in [0, 0.05) is 18.8 Å². The van der Waals surface area contributed by atoms with E-state index in [2.05, 4.69) is 4.90 Å². The highest BCUT2D eigenvalue weighted by molar-refractivity contribution is 8.18. The number of ether oxygens (including phenoxy) is 1. The molecule has 2 heterocycles. The van der Waals surface area contributed by atoms with Crippen LogP contribution in [0.2, 0.25) is 0 Å². The lowest BCUT2D eigenvalue weighted by atomic mass is 10.1. The maximum Gasteiger partial charge on any atom is 0.329 e. The molecule has 0 N–H and O–H groups in total. The van der Waals surface area contributed by atoms with Gasteiger partial charge < -0.3 is 9.64 Å². The Bertz CT molecular complexity index is 738. The van der Waals surface area contributed by atoms with Gasteiger partial charge in [-0.3, -0.25) is 14.5 Å². The first-order valence-electron chi connectivity index (χ1n) is 8.80. The number of rotatable bonds is 5. The van der Waals surface area contributed by atoms with Crippen molar-refractivity contribution in [3.63, 3.8) is 0 Å². The zero-order valence-corrected chi connectivity index (χ0v) is 15.8. The predicted octanol–water partition coefficient (Wildman–Crippen LogP) is 3.27. The summed E-state index contributed by atoms with van der Waals surface area (Å²) in [6, 6.07) is 7.02. The average Bonchev–Trinajstić information content (AvgIpc) is 3.24. The van der Waals surface area contributed by atoms with E-state index >= 15 is 0 Å². The Balaban J connectivity index is 1.74. The van der Waals surface area contributed by atoms with Crippen molar-refractivity contribution < 1.29 is 19.1 Å². The van der Waals surface area contributed by atoms with Crippen LogP contribution in [0, 0.1) is 0 Å². The predicted molar refractivity (Wildman–Crippen MR) is 102 cm³/mol. The maximum atomic E-state index is 12.5. The van der Waals surface area contributed by atoms with Crippen LogP contribution in [-0.2, 0) is 14.3 Å². The van der Waals surface area contributed by atoms with Crippen molar-refractivity contribution in [1.82, 2.24) is 4.90 Å². The van der Waals surface area contributed by atoms with Crippen molar-refractivity contribution in [3.8, 4) is 0 Å². The quantitative estimate of drug-likeness (QED) is 0.582. The van der Waals surface area contributed by atoms with Crippen molar-refractivity contribution >= 4 is 40.6 Å². The first-order valence-corrected chi connectivity index (χ1v) is 9.61. The number of carbonyl (C=O) groups is 3. The molecule has 6 nitrogen and oxygen atoms in total. The van der Waals surface area contributed by atoms with E-state index in [4.69, 9.17) is 4.74 Å². The van der Waals surface area contributed by atoms with Crippen molar-refractivity contribution in [2.75, 3.05) is 24.6 Å². The van der Waals surface area contributed by atoms with Crippen molar-refractivity contribution in [2.24, 2.45) is 0 Å². The summed E-state index contributed by atoms with van der Waals surface area (Å²) in [5.41, 5.74) is 2.02. The Morgan fingerprint density at radius 3 is 2.50 bits per heavy atom. The molecule has 7 heteroatoms. The lowest BCUT2D eigenvalue weighted by molar-refractivity contribution is -0.150. The molecule has 0 spiro atoms. The highest BCUT2D eigenvalue weighted by Gasteiger charge is 2.41. The van der Waals surface area contributed by atoms with Gasteiger partial charge in [0.1, 0.15) is 6.04 Å². The molecule has 1 aromatic rings. The minimum Gasteiger partial charge on any atom is -0.464 e. The molecule has 2 fully saturated rings. The molecule has 26 heavy (non-hydrogen) atoms. The van der Waals surface area contributed by atoms with Gasteiger partial charge in [0.15, 0.2) is 0 Å². The molecule has 2 aliphatic rings. The Labute approximate surface area is 157 Å². The maximum absolute atomic E-state index is 12.5. The lowest BCUT2D eigenvalue weighted by Gasteiger charge is -2.19. The number of thioether (sulfide) groups is 1. The molecular formula is C19H22N2O4S. The summed E-state index contributed by atoms with van der Waals surface area (Å²) in [5.74, 6) is -1.03. The van der Waals surface area contributed by atoms with Gasteiger partial charge in [0.05, 0.1) is 11.5 Å². The van der Waals surface area contributed by atoms with Gasteiger partial charge in [-0.25, -0.2) is 4.79 Å². The zero-order chi connectivity index (χ0) is 18.7. The largest absolute Gasteiger partial charge is 0.464 e. The van der Waals surface area contributed by atoms with E-state index in [9.17, 15) is 14.4 Å². The fraction of sp³-hybridized carbons (Fsp3) is 0.421. The van der Waals surface area contributed by atoms with Crippen LogP contribution in [0.15, 0.2) is 29.2 Å². The molecule has 1 atom stereocenters. The number of imide groups is 1. The number of carbonyl (C=O) groups excluding carboxylic acids is 3. The summed E-state index contributed by atoms with van der Waals surface area (Å²) < 4.78 is 4.91. The number of hydrogen-bond donors (Lipinski definition) is 0. The Kier molecular flexibility index (Phi) is 5.66. The second-order valence-electron chi connectivity index (χ2n) is 6.27. The standard InChI is InChI=1S/C19H22N2O4S/c1-3-25-18(23)13(2)21-17(22)16(26-19(21)24)12-14-6-8-15(9-7-14)20-10-4-5-11-20/h6-9,12-13H,3-5,10-11H2,1-2H3/b16-12-/t13-/m0/s1. The third kappa shape index (κ3) is 3.77. The summed E-state index contributed by atoms with van der Waals surface area (Å²) in [6.45, 7) is 5.54. The van der Waals surface area contributed by atoms with Crippen LogP contribution in [0.5, 0.6) is 0 Å². The number of amides is 2. The number of hydrogen-bond acceptors (Lipinski definition) is 6. The second kappa shape index (κ2) is 7.95. The molecule has 0 saturated carbocycles. The summed E-state index contributed by atoms with van der Waals surface area (Å²) in [7, 11) is 0. The van der Waals surface area contributed by atoms with Gasteiger partial charge >= 0.3 is 5.97 Å². The summed E-state index contributed by atoms with van der Waals surface area (Å²) >= 11 is 0.850. The highest BCUT2D eigenvalue weighted by Crippen LogP contribution is 2.34. The van der Waals surface area contributed by atoms with Crippen molar-refractivity contribution in [3.05, 3.63) is 34.7 Å². The third-order valence-electron chi connectivity index (χ3n) is 4.50. The summed E-state index contributed by atoms with van der Waals surface area (Å²) in [5, 5.41) is -0.449. The number of anilines is 1. The molecule has 0 bridgehead atoms. The van der Waals surface area contributed by atoms with Gasteiger partial charge in [-0.2, -0.15) is 0 Å². The van der Waals surface area contributed by atoms with Crippen LogP contribution in [0.3, 0.4) is 0 Å². The normalized spacial score (nSPS) is 20.2. The molecule has 3 rings (SSSR count). The minimum absolute atomic E-state index is 0.207. The van der Waals surface area contributed by atoms with Crippen LogP contribution >= 0.6 is 11.8 Å². The fourth-order valence-electron chi connectivity index (χ4n) is 3.09. The lowest BCUT2D eigenvalue weighted by Crippen LogP contribution is -2.42. The van der Waals surface area contributed by atoms with Gasteiger partial charge in [-0.15, -0.1) is 0 Å². The monoisotopic (exact) mass is 374 g/mol. The zero-order valence-electron chi connectivity index (χ0n) is 14.9. The van der Waals surface area contributed by atoms with E-state index in [1.54, 1.807) is 13.0 Å². The smallest absolute Gasteiger partial charge is 0.329 e. The Morgan fingerprint density at radius 2 is 1.88 bits per heavy atom. The summed E-state index contributed by atoms with van der Waals surface area (Å²) in [6.07, 6.45) is 4.12. The first-order chi connectivity index (χ1) is 12.5. The van der Waals surface area contributed by atoms with Crippen molar-refractivity contribution in [1.29, 1.82) is 0 Å². The van der Waals surface area contributed by atoms with Gasteiger partial charge in [-0.1, -0.05) is 12.1 Å².